The van der Waals surface area contributed by atoms with Crippen LogP contribution < -0.4 is 16.0 Å². The van der Waals surface area contributed by atoms with Gasteiger partial charge in [0.25, 0.3) is 0 Å². The number of nitrogens with one attached hydrogen (secondary N) is 3. The molecule has 1 aliphatic carbocycles. The zero-order chi connectivity index (χ0) is 33.8. The molecule has 45 heavy (non-hydrogen) atoms. The number of ether oxygens (including phenoxy) is 3. The molecule has 0 amide bonds. The third-order valence-electron chi connectivity index (χ3n) is 11.4. The average Bonchev–Trinajstić information content (AvgIpc) is 3.34. The van der Waals surface area contributed by atoms with E-state index in [4.69, 9.17) is 14.2 Å². The smallest absolute Gasteiger partial charge is 0.309 e. The number of carbonyl (C=O) groups excluding carboxylic acids is 3. The van der Waals surface area contributed by atoms with Gasteiger partial charge in [-0.15, -0.1) is 0 Å². The molecule has 1 saturated carbocycles. The highest BCUT2D eigenvalue weighted by atomic mass is 16.5. The second kappa shape index (κ2) is 12.4. The van der Waals surface area contributed by atoms with Gasteiger partial charge in [-0.3, -0.25) is 14.4 Å². The van der Waals surface area contributed by atoms with Gasteiger partial charge in [0.1, 0.15) is 0 Å². The highest BCUT2D eigenvalue weighted by Gasteiger charge is 2.49. The Morgan fingerprint density at radius 1 is 0.511 bits per heavy atom. The van der Waals surface area contributed by atoms with Gasteiger partial charge in [0.15, 0.2) is 0 Å². The summed E-state index contributed by atoms with van der Waals surface area (Å²) in [5.74, 6) is -2.43. The second-order valence-electron chi connectivity index (χ2n) is 18.5. The lowest BCUT2D eigenvalue weighted by Crippen LogP contribution is -2.46. The van der Waals surface area contributed by atoms with Gasteiger partial charge in [-0.25, -0.2) is 0 Å². The minimum Gasteiger partial charge on any atom is -0.465 e. The van der Waals surface area contributed by atoms with Crippen LogP contribution in [0.3, 0.4) is 0 Å². The first-order valence-electron chi connectivity index (χ1n) is 17.3. The molecule has 6 unspecified atom stereocenters. The van der Waals surface area contributed by atoms with Crippen molar-refractivity contribution in [3.63, 3.8) is 0 Å². The first kappa shape index (κ1) is 36.1. The van der Waals surface area contributed by atoms with Gasteiger partial charge in [-0.1, -0.05) is 0 Å². The van der Waals surface area contributed by atoms with Crippen molar-refractivity contribution in [3.8, 4) is 0 Å². The molecule has 3 saturated heterocycles. The van der Waals surface area contributed by atoms with E-state index in [1.54, 1.807) is 0 Å². The maximum atomic E-state index is 13.8. The molecule has 0 spiro atoms. The van der Waals surface area contributed by atoms with Gasteiger partial charge in [0, 0.05) is 51.0 Å². The summed E-state index contributed by atoms with van der Waals surface area (Å²) in [6, 6.07) is 0. The van der Waals surface area contributed by atoms with Crippen LogP contribution in [0.2, 0.25) is 0 Å². The summed E-state index contributed by atoms with van der Waals surface area (Å²) in [6.07, 6.45) is 3.79. The number of hydrogen-bond acceptors (Lipinski definition) is 9. The molecule has 0 aromatic heterocycles. The summed E-state index contributed by atoms with van der Waals surface area (Å²) in [7, 11) is 0. The van der Waals surface area contributed by atoms with Crippen LogP contribution in [-0.4, -0.2) is 71.0 Å². The van der Waals surface area contributed by atoms with Crippen molar-refractivity contribution in [2.75, 3.05) is 19.8 Å². The molecule has 0 radical (unpaired) electrons. The average molecular weight is 634 g/mol. The highest BCUT2D eigenvalue weighted by Crippen LogP contribution is 2.41. The topological polar surface area (TPSA) is 115 Å². The lowest BCUT2D eigenvalue weighted by atomic mass is 9.74. The number of hydrogen-bond donors (Lipinski definition) is 3. The fraction of sp³-hybridized carbons (Fsp3) is 0.917. The van der Waals surface area contributed by atoms with Crippen LogP contribution in [0.1, 0.15) is 122 Å². The maximum absolute atomic E-state index is 13.8. The normalized spacial score (nSPS) is 35.5. The van der Waals surface area contributed by atoms with Crippen molar-refractivity contribution in [2.45, 2.75) is 155 Å². The summed E-state index contributed by atoms with van der Waals surface area (Å²) in [5.41, 5.74) is -0.614. The van der Waals surface area contributed by atoms with Gasteiger partial charge in [-0.05, 0) is 122 Å². The molecule has 9 heteroatoms. The molecule has 0 aromatic carbocycles. The molecule has 9 nitrogen and oxygen atoms in total. The van der Waals surface area contributed by atoms with Crippen molar-refractivity contribution < 1.29 is 28.6 Å². The van der Waals surface area contributed by atoms with E-state index in [0.29, 0.717) is 26.1 Å². The van der Waals surface area contributed by atoms with Crippen molar-refractivity contribution in [2.24, 2.45) is 35.5 Å². The predicted octanol–water partition coefficient (Wildman–Crippen LogP) is 5.15. The standard InChI is InChI=1S/C36H63N3O6/c1-31(2)16-23(34(7,8)37-31)19-43-28(40)22-13-14-26(29(41)44-20-24-17-32(3,4)38-35(24,9)10)27(15-22)30(42)45-21-25-18-33(5,6)39-36(25,11)12/h22-27,37-39H,13-21H2,1-12H3. The minimum absolute atomic E-state index is 0.0218. The molecule has 4 aliphatic rings. The van der Waals surface area contributed by atoms with Crippen LogP contribution in [-0.2, 0) is 28.6 Å². The van der Waals surface area contributed by atoms with Crippen molar-refractivity contribution in [1.82, 2.24) is 16.0 Å². The molecule has 3 N–H and O–H groups in total. The zero-order valence-corrected chi connectivity index (χ0v) is 30.3. The maximum Gasteiger partial charge on any atom is 0.309 e. The first-order valence-corrected chi connectivity index (χ1v) is 17.3. The van der Waals surface area contributed by atoms with E-state index in [1.165, 1.54) is 0 Å². The van der Waals surface area contributed by atoms with E-state index in [0.717, 1.165) is 19.3 Å². The molecular formula is C36H63N3O6. The van der Waals surface area contributed by atoms with Gasteiger partial charge in [0.05, 0.1) is 37.6 Å². The van der Waals surface area contributed by atoms with Gasteiger partial charge in [0.2, 0.25) is 0 Å². The van der Waals surface area contributed by atoms with Crippen LogP contribution in [0.4, 0.5) is 0 Å². The van der Waals surface area contributed by atoms with Crippen LogP contribution in [0.25, 0.3) is 0 Å². The van der Waals surface area contributed by atoms with Crippen LogP contribution in [0.15, 0.2) is 0 Å². The first-order chi connectivity index (χ1) is 20.4. The van der Waals surface area contributed by atoms with Crippen molar-refractivity contribution in [3.05, 3.63) is 0 Å². The Morgan fingerprint density at radius 3 is 1.18 bits per heavy atom. The van der Waals surface area contributed by atoms with Crippen molar-refractivity contribution in [1.29, 1.82) is 0 Å². The number of rotatable bonds is 9. The van der Waals surface area contributed by atoms with E-state index < -0.39 is 23.7 Å². The summed E-state index contributed by atoms with van der Waals surface area (Å²) in [4.78, 5) is 40.8. The van der Waals surface area contributed by atoms with Gasteiger partial charge >= 0.3 is 17.9 Å². The largest absolute Gasteiger partial charge is 0.465 e. The second-order valence-corrected chi connectivity index (χ2v) is 18.5. The highest BCUT2D eigenvalue weighted by molar-refractivity contribution is 5.84. The van der Waals surface area contributed by atoms with Crippen LogP contribution >= 0.6 is 0 Å². The number of carbonyl (C=O) groups is 3. The number of esters is 3. The fourth-order valence-corrected chi connectivity index (χ4v) is 9.30. The Balaban J connectivity index is 1.42. The Morgan fingerprint density at radius 2 is 0.844 bits per heavy atom. The molecule has 0 aromatic rings. The van der Waals surface area contributed by atoms with Crippen LogP contribution in [0, 0.1) is 35.5 Å². The minimum atomic E-state index is -0.746. The lowest BCUT2D eigenvalue weighted by molar-refractivity contribution is -0.169. The van der Waals surface area contributed by atoms with E-state index in [2.05, 4.69) is 99.0 Å². The van der Waals surface area contributed by atoms with Crippen molar-refractivity contribution >= 4 is 17.9 Å². The van der Waals surface area contributed by atoms with E-state index in [9.17, 15) is 14.4 Å². The monoisotopic (exact) mass is 633 g/mol. The summed E-state index contributed by atoms with van der Waals surface area (Å²) in [6.45, 7) is 26.7. The van der Waals surface area contributed by atoms with E-state index >= 15 is 0 Å². The molecule has 258 valence electrons. The lowest BCUT2D eigenvalue weighted by Gasteiger charge is -2.34. The fourth-order valence-electron chi connectivity index (χ4n) is 9.30. The molecule has 6 atom stereocenters. The Labute approximate surface area is 272 Å². The predicted molar refractivity (Wildman–Crippen MR) is 175 cm³/mol. The molecular weight excluding hydrogens is 570 g/mol. The summed E-state index contributed by atoms with van der Waals surface area (Å²) >= 11 is 0. The zero-order valence-electron chi connectivity index (χ0n) is 30.3. The molecule has 4 fully saturated rings. The van der Waals surface area contributed by atoms with E-state index in [1.807, 2.05) is 0 Å². The Kier molecular flexibility index (Phi) is 9.95. The quantitative estimate of drug-likeness (QED) is 0.234. The SMILES string of the molecule is CC1(C)CC(COC(=O)C2CCC(C(=O)OCC3CC(C)(C)NC3(C)C)C(C(=O)OCC3CC(C)(C)NC3(C)C)C2)C(C)(C)N1. The molecule has 3 aliphatic heterocycles. The molecule has 3 heterocycles. The third kappa shape index (κ3) is 8.61. The summed E-state index contributed by atoms with van der Waals surface area (Å²) in [5, 5.41) is 10.9. The summed E-state index contributed by atoms with van der Waals surface area (Å²) < 4.78 is 17.8. The van der Waals surface area contributed by atoms with Gasteiger partial charge < -0.3 is 30.2 Å². The van der Waals surface area contributed by atoms with E-state index in [-0.39, 0.29) is 76.0 Å². The molecule has 4 rings (SSSR count). The Bertz CT molecular complexity index is 1130. The van der Waals surface area contributed by atoms with Gasteiger partial charge in [-0.2, -0.15) is 0 Å². The Hall–Kier alpha value is -1.71. The van der Waals surface area contributed by atoms with Crippen LogP contribution in [0.5, 0.6) is 0 Å². The third-order valence-corrected chi connectivity index (χ3v) is 11.4. The molecule has 0 bridgehead atoms.